The topological polar surface area (TPSA) is 29.6 Å². The molecule has 0 aliphatic rings. The van der Waals surface area contributed by atoms with E-state index in [4.69, 9.17) is 0 Å². The highest BCUT2D eigenvalue weighted by atomic mass is 32.1. The molecule has 0 saturated heterocycles. The van der Waals surface area contributed by atoms with E-state index in [0.717, 1.165) is 17.1 Å². The van der Waals surface area contributed by atoms with Gasteiger partial charge in [0.15, 0.2) is 0 Å². The van der Waals surface area contributed by atoms with Crippen molar-refractivity contribution in [2.45, 2.75) is 34.2 Å². The molecule has 0 aromatic carbocycles. The second-order valence-electron chi connectivity index (χ2n) is 3.57. The maximum atomic E-state index is 4.23. The van der Waals surface area contributed by atoms with Crippen LogP contribution in [0.15, 0.2) is 22.9 Å². The summed E-state index contributed by atoms with van der Waals surface area (Å²) >= 11 is 1.66. The Kier molecular flexibility index (Phi) is 4.03. The molecule has 1 aromatic heterocycles. The summed E-state index contributed by atoms with van der Waals surface area (Å²) in [4.78, 5) is 2.21. The summed E-state index contributed by atoms with van der Waals surface area (Å²) in [5.74, 6) is 0. The van der Waals surface area contributed by atoms with Crippen molar-refractivity contribution >= 4 is 17.0 Å². The highest BCUT2D eigenvalue weighted by Gasteiger charge is 2.03. The van der Waals surface area contributed by atoms with Crippen molar-refractivity contribution in [1.82, 2.24) is 4.57 Å². The fraction of sp³-hybridized carbons (Fsp3) is 0.455. The van der Waals surface area contributed by atoms with Gasteiger partial charge in [-0.05, 0) is 27.7 Å². The predicted molar refractivity (Wildman–Crippen MR) is 66.3 cm³/mol. The minimum absolute atomic E-state index is 0.785. The quantitative estimate of drug-likeness (QED) is 0.428. The lowest BCUT2D eigenvalue weighted by Crippen LogP contribution is -2.14. The number of nitrogens with zero attached hydrogens (tertiary/aromatic N) is 3. The van der Waals surface area contributed by atoms with Gasteiger partial charge in [0.2, 0.25) is 4.80 Å². The van der Waals surface area contributed by atoms with Crippen LogP contribution in [-0.4, -0.2) is 10.3 Å². The first kappa shape index (κ1) is 11.9. The van der Waals surface area contributed by atoms with Crippen molar-refractivity contribution in [3.8, 4) is 0 Å². The van der Waals surface area contributed by atoms with Crippen LogP contribution in [0.3, 0.4) is 0 Å². The molecule has 1 aromatic rings. The van der Waals surface area contributed by atoms with Gasteiger partial charge in [-0.25, -0.2) is 0 Å². The second kappa shape index (κ2) is 5.07. The van der Waals surface area contributed by atoms with Gasteiger partial charge < -0.3 is 4.57 Å². The average Bonchev–Trinajstić information content (AvgIpc) is 2.43. The Hall–Kier alpha value is -1.16. The first-order valence-electron chi connectivity index (χ1n) is 4.89. The number of aryl methyl sites for hydroxylation is 1. The molecule has 0 N–H and O–H groups in total. The fourth-order valence-electron chi connectivity index (χ4n) is 1.16. The van der Waals surface area contributed by atoms with Crippen molar-refractivity contribution in [2.24, 2.45) is 10.2 Å². The molecular weight excluding hydrogens is 206 g/mol. The molecule has 1 heterocycles. The Morgan fingerprint density at radius 2 is 2.13 bits per heavy atom. The largest absolute Gasteiger partial charge is 0.316 e. The highest BCUT2D eigenvalue weighted by molar-refractivity contribution is 7.09. The van der Waals surface area contributed by atoms with E-state index in [2.05, 4.69) is 35.2 Å². The van der Waals surface area contributed by atoms with Gasteiger partial charge in [-0.1, -0.05) is 6.08 Å². The van der Waals surface area contributed by atoms with Gasteiger partial charge in [0.25, 0.3) is 0 Å². The molecule has 0 aliphatic carbocycles. The Labute approximate surface area is 94.5 Å². The fourth-order valence-corrected chi connectivity index (χ4v) is 2.10. The summed E-state index contributed by atoms with van der Waals surface area (Å²) in [5.41, 5.74) is 2.20. The van der Waals surface area contributed by atoms with E-state index < -0.39 is 0 Å². The van der Waals surface area contributed by atoms with Crippen molar-refractivity contribution < 1.29 is 0 Å². The molecule has 0 fully saturated rings. The van der Waals surface area contributed by atoms with E-state index in [0.29, 0.717) is 0 Å². The van der Waals surface area contributed by atoms with Crippen molar-refractivity contribution in [1.29, 1.82) is 0 Å². The van der Waals surface area contributed by atoms with E-state index in [-0.39, 0.29) is 0 Å². The van der Waals surface area contributed by atoms with Gasteiger partial charge in [0.05, 0.1) is 0 Å². The normalized spacial score (nSPS) is 11.6. The van der Waals surface area contributed by atoms with Gasteiger partial charge in [-0.15, -0.1) is 23.0 Å². The van der Waals surface area contributed by atoms with Gasteiger partial charge in [-0.3, -0.25) is 0 Å². The van der Waals surface area contributed by atoms with Crippen molar-refractivity contribution in [3.63, 3.8) is 0 Å². The Morgan fingerprint density at radius 1 is 1.47 bits per heavy atom. The Bertz CT molecular complexity index is 445. The van der Waals surface area contributed by atoms with Crippen molar-refractivity contribution in [3.05, 3.63) is 28.0 Å². The van der Waals surface area contributed by atoms with Crippen LogP contribution in [0.4, 0.5) is 0 Å². The molecule has 0 spiro atoms. The van der Waals surface area contributed by atoms with Crippen LogP contribution in [0.5, 0.6) is 0 Å². The highest BCUT2D eigenvalue weighted by Crippen LogP contribution is 2.09. The molecule has 82 valence electrons. The summed E-state index contributed by atoms with van der Waals surface area (Å²) < 4.78 is 2.12. The molecular formula is C11H17N3S. The minimum Gasteiger partial charge on any atom is -0.316 e. The zero-order valence-electron chi connectivity index (χ0n) is 9.74. The summed E-state index contributed by atoms with van der Waals surface area (Å²) in [6.07, 6.45) is 1.88. The zero-order chi connectivity index (χ0) is 11.4. The third kappa shape index (κ3) is 2.89. The third-order valence-electron chi connectivity index (χ3n) is 2.04. The van der Waals surface area contributed by atoms with Crippen LogP contribution in [0.25, 0.3) is 0 Å². The van der Waals surface area contributed by atoms with E-state index in [1.54, 1.807) is 11.3 Å². The van der Waals surface area contributed by atoms with E-state index in [1.807, 2.05) is 19.9 Å². The van der Waals surface area contributed by atoms with Crippen LogP contribution in [0.2, 0.25) is 0 Å². The number of thiazole rings is 1. The smallest absolute Gasteiger partial charge is 0.211 e. The number of rotatable bonds is 3. The van der Waals surface area contributed by atoms with Crippen molar-refractivity contribution in [2.75, 3.05) is 0 Å². The molecule has 4 heteroatoms. The Morgan fingerprint density at radius 3 is 2.67 bits per heavy atom. The minimum atomic E-state index is 0.785. The lowest BCUT2D eigenvalue weighted by molar-refractivity contribution is 0.748. The molecule has 0 unspecified atom stereocenters. The first-order valence-corrected chi connectivity index (χ1v) is 5.70. The van der Waals surface area contributed by atoms with E-state index in [9.17, 15) is 0 Å². The van der Waals surface area contributed by atoms with Gasteiger partial charge in [0.1, 0.15) is 0 Å². The molecule has 0 saturated carbocycles. The van der Waals surface area contributed by atoms with Gasteiger partial charge >= 0.3 is 0 Å². The SMILES string of the molecule is C=CCn1c(C)c(C)s/c1=N\N=C(C)C. The standard InChI is InChI=1S/C11H17N3S/c1-6-7-14-9(4)10(5)15-11(14)13-12-8(2)3/h6H,1,7H2,2-5H3/b13-11-. The lowest BCUT2D eigenvalue weighted by Gasteiger charge is -2.00. The van der Waals surface area contributed by atoms with Crippen LogP contribution in [-0.2, 0) is 6.54 Å². The van der Waals surface area contributed by atoms with Crippen LogP contribution < -0.4 is 4.80 Å². The number of aromatic nitrogens is 1. The summed E-state index contributed by atoms with van der Waals surface area (Å²) in [6, 6.07) is 0. The zero-order valence-corrected chi connectivity index (χ0v) is 10.6. The van der Waals surface area contributed by atoms with Gasteiger partial charge in [-0.2, -0.15) is 5.10 Å². The maximum absolute atomic E-state index is 4.23. The summed E-state index contributed by atoms with van der Waals surface area (Å²) in [7, 11) is 0. The number of hydrogen-bond donors (Lipinski definition) is 0. The number of hydrogen-bond acceptors (Lipinski definition) is 3. The second-order valence-corrected chi connectivity index (χ2v) is 4.75. The van der Waals surface area contributed by atoms with Crippen LogP contribution in [0, 0.1) is 13.8 Å². The lowest BCUT2D eigenvalue weighted by atomic mass is 10.4. The molecule has 0 radical (unpaired) electrons. The summed E-state index contributed by atoms with van der Waals surface area (Å²) in [6.45, 7) is 12.6. The monoisotopic (exact) mass is 223 g/mol. The third-order valence-corrected chi connectivity index (χ3v) is 3.12. The van der Waals surface area contributed by atoms with Crippen LogP contribution >= 0.6 is 11.3 Å². The molecule has 3 nitrogen and oxygen atoms in total. The molecule has 0 bridgehead atoms. The average molecular weight is 223 g/mol. The molecule has 0 amide bonds. The predicted octanol–water partition coefficient (Wildman–Crippen LogP) is 2.65. The van der Waals surface area contributed by atoms with Crippen LogP contribution in [0.1, 0.15) is 24.4 Å². The van der Waals surface area contributed by atoms with Gasteiger partial charge in [0, 0.05) is 22.8 Å². The Balaban J connectivity index is 3.28. The molecule has 0 aliphatic heterocycles. The summed E-state index contributed by atoms with van der Waals surface area (Å²) in [5, 5.41) is 8.32. The van der Waals surface area contributed by atoms with E-state index >= 15 is 0 Å². The molecule has 1 rings (SSSR count). The maximum Gasteiger partial charge on any atom is 0.211 e. The first-order chi connectivity index (χ1) is 7.06. The molecule has 15 heavy (non-hydrogen) atoms. The van der Waals surface area contributed by atoms with E-state index in [1.165, 1.54) is 10.6 Å². The number of allylic oxidation sites excluding steroid dienone is 1. The molecule has 0 atom stereocenters.